The monoisotopic (exact) mass is 453 g/mol. The quantitative estimate of drug-likeness (QED) is 0.425. The number of aromatic nitrogens is 4. The summed E-state index contributed by atoms with van der Waals surface area (Å²) >= 11 is 0. The van der Waals surface area contributed by atoms with Gasteiger partial charge in [-0.15, -0.1) is 0 Å². The van der Waals surface area contributed by atoms with E-state index in [-0.39, 0.29) is 48.3 Å². The number of carbonyl (C=O) groups is 1. The number of hydrogen-bond donors (Lipinski definition) is 2. The first-order valence-corrected chi connectivity index (χ1v) is 11.3. The molecule has 2 aromatic heterocycles. The van der Waals surface area contributed by atoms with Gasteiger partial charge < -0.3 is 28.8 Å². The summed E-state index contributed by atoms with van der Waals surface area (Å²) in [5, 5.41) is 0. The Morgan fingerprint density at radius 3 is 2.68 bits per heavy atom. The molecule has 12 nitrogen and oxygen atoms in total. The van der Waals surface area contributed by atoms with Gasteiger partial charge in [0.05, 0.1) is 25.6 Å². The Bertz CT molecular complexity index is 1140. The van der Waals surface area contributed by atoms with E-state index in [4.69, 9.17) is 24.3 Å². The molecule has 1 aliphatic carbocycles. The molecule has 0 bridgehead atoms. The van der Waals surface area contributed by atoms with Gasteiger partial charge >= 0.3 is 13.6 Å². The fourth-order valence-corrected chi connectivity index (χ4v) is 4.54. The number of esters is 1. The zero-order chi connectivity index (χ0) is 22.8. The van der Waals surface area contributed by atoms with Crippen LogP contribution in [-0.4, -0.2) is 45.1 Å². The highest BCUT2D eigenvalue weighted by Crippen LogP contribution is 2.50. The maximum Gasteiger partial charge on any atom is 0.367 e. The molecule has 13 heteroatoms. The predicted octanol–water partition coefficient (Wildman–Crippen LogP) is 2.22. The summed E-state index contributed by atoms with van der Waals surface area (Å²) in [7, 11) is -3.52. The van der Waals surface area contributed by atoms with E-state index in [0.717, 1.165) is 0 Å². The van der Waals surface area contributed by atoms with Crippen LogP contribution in [-0.2, 0) is 27.9 Å². The topological polar surface area (TPSA) is 161 Å². The normalized spacial score (nSPS) is 16.9. The number of nitrogens with one attached hydrogen (secondary N) is 1. The summed E-state index contributed by atoms with van der Waals surface area (Å²) in [6.07, 6.45) is 1.19. The highest BCUT2D eigenvalue weighted by molar-refractivity contribution is 7.53. The first-order valence-electron chi connectivity index (χ1n) is 9.53. The Balaban J connectivity index is 1.93. The number of nitrogen functional groups attached to an aromatic ring is 1. The standard InChI is InChI=1S/C18H24N5O7P/c1-5-28-31(26,29-6-2)9-27-15-10(3)12(7-13(15)30-11(4)24)23-8-20-14-16(23)21-18(19)22-17(14)25/h8,12H,3,5-7,9H2,1-2,4H3,(H3,19,21,22,25)/t12-/m0/s1. The van der Waals surface area contributed by atoms with Crippen LogP contribution in [0.2, 0.25) is 0 Å². The molecule has 2 aromatic rings. The maximum absolute atomic E-state index is 12.8. The van der Waals surface area contributed by atoms with Gasteiger partial charge in [0.25, 0.3) is 5.56 Å². The van der Waals surface area contributed by atoms with E-state index >= 15 is 0 Å². The fourth-order valence-electron chi connectivity index (χ4n) is 3.24. The maximum atomic E-state index is 12.8. The van der Waals surface area contributed by atoms with Crippen molar-refractivity contribution < 1.29 is 27.9 Å². The van der Waals surface area contributed by atoms with Gasteiger partial charge in [0.2, 0.25) is 5.95 Å². The van der Waals surface area contributed by atoms with Crippen molar-refractivity contribution in [3.8, 4) is 0 Å². The minimum Gasteiger partial charge on any atom is -0.477 e. The van der Waals surface area contributed by atoms with Gasteiger partial charge in [-0.3, -0.25) is 19.1 Å². The lowest BCUT2D eigenvalue weighted by Gasteiger charge is -2.19. The van der Waals surface area contributed by atoms with Crippen molar-refractivity contribution >= 4 is 30.7 Å². The number of ether oxygens (including phenoxy) is 2. The summed E-state index contributed by atoms with van der Waals surface area (Å²) in [6.45, 7) is 8.99. The van der Waals surface area contributed by atoms with Crippen LogP contribution < -0.4 is 11.3 Å². The van der Waals surface area contributed by atoms with Crippen LogP contribution in [0.4, 0.5) is 5.95 Å². The number of rotatable bonds is 9. The number of anilines is 1. The number of allylic oxidation sites excluding steroid dienone is 2. The molecule has 0 aromatic carbocycles. The third kappa shape index (κ3) is 4.71. The average molecular weight is 453 g/mol. The number of imidazole rings is 1. The first kappa shape index (κ1) is 22.7. The molecule has 2 heterocycles. The van der Waals surface area contributed by atoms with Crippen molar-refractivity contribution in [2.45, 2.75) is 33.2 Å². The minimum absolute atomic E-state index is 0.0677. The van der Waals surface area contributed by atoms with Crippen molar-refractivity contribution in [1.82, 2.24) is 19.5 Å². The summed E-state index contributed by atoms with van der Waals surface area (Å²) in [4.78, 5) is 34.3. The average Bonchev–Trinajstić information content (AvgIpc) is 3.21. The molecular weight excluding hydrogens is 429 g/mol. The molecular formula is C18H24N5O7P. The number of nitrogens with zero attached hydrogens (tertiary/aromatic N) is 3. The van der Waals surface area contributed by atoms with Gasteiger partial charge in [-0.2, -0.15) is 4.98 Å². The van der Waals surface area contributed by atoms with Gasteiger partial charge in [0, 0.05) is 18.9 Å². The van der Waals surface area contributed by atoms with Crippen LogP contribution in [0.1, 0.15) is 33.2 Å². The van der Waals surface area contributed by atoms with E-state index < -0.39 is 31.5 Å². The molecule has 1 aliphatic rings. The van der Waals surface area contributed by atoms with Crippen LogP contribution in [0.3, 0.4) is 0 Å². The van der Waals surface area contributed by atoms with Crippen molar-refractivity contribution in [2.75, 3.05) is 25.3 Å². The number of carbonyl (C=O) groups excluding carboxylic acids is 1. The molecule has 3 N–H and O–H groups in total. The summed E-state index contributed by atoms with van der Waals surface area (Å²) in [5.74, 6) is -0.278. The second-order valence-corrected chi connectivity index (χ2v) is 8.58. The van der Waals surface area contributed by atoms with Crippen LogP contribution in [0.15, 0.2) is 34.8 Å². The van der Waals surface area contributed by atoms with Gasteiger partial charge in [-0.05, 0) is 13.8 Å². The third-order valence-corrected chi connectivity index (χ3v) is 6.15. The van der Waals surface area contributed by atoms with E-state index in [9.17, 15) is 14.2 Å². The SMILES string of the molecule is C=C1C(OCP(=O)(OCC)OCC)=C(OC(C)=O)C[C@@H]1n1cnc2c(=O)[nH]c(N)nc21. The van der Waals surface area contributed by atoms with E-state index in [1.165, 1.54) is 13.3 Å². The van der Waals surface area contributed by atoms with E-state index in [1.807, 2.05) is 0 Å². The smallest absolute Gasteiger partial charge is 0.367 e. The molecule has 0 unspecified atom stereocenters. The first-order chi connectivity index (χ1) is 14.7. The van der Waals surface area contributed by atoms with Crippen molar-refractivity contribution in [3.05, 3.63) is 40.4 Å². The number of hydrogen-bond acceptors (Lipinski definition) is 10. The summed E-state index contributed by atoms with van der Waals surface area (Å²) in [5.41, 5.74) is 5.94. The highest BCUT2D eigenvalue weighted by Gasteiger charge is 2.36. The molecule has 0 saturated heterocycles. The van der Waals surface area contributed by atoms with Crippen LogP contribution in [0.5, 0.6) is 0 Å². The summed E-state index contributed by atoms with van der Waals surface area (Å²) < 4.78 is 35.9. The van der Waals surface area contributed by atoms with Gasteiger partial charge in [-0.25, -0.2) is 4.98 Å². The van der Waals surface area contributed by atoms with E-state index in [0.29, 0.717) is 5.57 Å². The van der Waals surface area contributed by atoms with Crippen LogP contribution in [0, 0.1) is 0 Å². The highest BCUT2D eigenvalue weighted by atomic mass is 31.2. The van der Waals surface area contributed by atoms with E-state index in [1.54, 1.807) is 18.4 Å². The Morgan fingerprint density at radius 1 is 1.39 bits per heavy atom. The molecule has 31 heavy (non-hydrogen) atoms. The lowest BCUT2D eigenvalue weighted by molar-refractivity contribution is -0.137. The zero-order valence-corrected chi connectivity index (χ0v) is 18.3. The van der Waals surface area contributed by atoms with Gasteiger partial charge in [0.15, 0.2) is 29.0 Å². The molecule has 0 spiro atoms. The number of aromatic amines is 1. The Hall–Kier alpha value is -2.95. The molecule has 0 radical (unpaired) electrons. The van der Waals surface area contributed by atoms with Gasteiger partial charge in [-0.1, -0.05) is 6.58 Å². The lowest BCUT2D eigenvalue weighted by atomic mass is 10.1. The van der Waals surface area contributed by atoms with Crippen molar-refractivity contribution in [3.63, 3.8) is 0 Å². The molecule has 0 fully saturated rings. The van der Waals surface area contributed by atoms with Gasteiger partial charge in [0.1, 0.15) is 0 Å². The Labute approximate surface area is 177 Å². The lowest BCUT2D eigenvalue weighted by Crippen LogP contribution is -2.14. The molecule has 168 valence electrons. The Morgan fingerprint density at radius 2 is 2.06 bits per heavy atom. The zero-order valence-electron chi connectivity index (χ0n) is 17.4. The molecule has 0 amide bonds. The number of nitrogens with two attached hydrogens (primary N) is 1. The molecule has 1 atom stereocenters. The Kier molecular flexibility index (Phi) is 6.63. The van der Waals surface area contributed by atoms with Crippen molar-refractivity contribution in [1.29, 1.82) is 0 Å². The largest absolute Gasteiger partial charge is 0.477 e. The van der Waals surface area contributed by atoms with Crippen LogP contribution in [0.25, 0.3) is 11.2 Å². The van der Waals surface area contributed by atoms with Crippen molar-refractivity contribution in [2.24, 2.45) is 0 Å². The van der Waals surface area contributed by atoms with Crippen LogP contribution >= 0.6 is 7.60 Å². The second-order valence-electron chi connectivity index (χ2n) is 6.59. The minimum atomic E-state index is -3.52. The molecule has 3 rings (SSSR count). The number of fused-ring (bicyclic) bond motifs is 1. The predicted molar refractivity (Wildman–Crippen MR) is 111 cm³/mol. The second kappa shape index (κ2) is 9.04. The molecule has 0 aliphatic heterocycles. The van der Waals surface area contributed by atoms with E-state index in [2.05, 4.69) is 21.5 Å². The molecule has 0 saturated carbocycles. The third-order valence-electron chi connectivity index (χ3n) is 4.40. The fraction of sp³-hybridized carbons (Fsp3) is 0.444. The number of H-pyrrole nitrogens is 1. The summed E-state index contributed by atoms with van der Waals surface area (Å²) in [6, 6.07) is -0.526.